The molecule has 1 aromatic rings. The van der Waals surface area contributed by atoms with Crippen LogP contribution in [0.1, 0.15) is 46.2 Å². The molecule has 0 bridgehead atoms. The SMILES string of the molecule is CCCNC(=O)CN(CCC)C(=O)Cc1csc(NC(=O)C(C)C)n1. The van der Waals surface area contributed by atoms with Gasteiger partial charge in [-0.15, -0.1) is 11.3 Å². The van der Waals surface area contributed by atoms with Crippen molar-refractivity contribution in [1.29, 1.82) is 0 Å². The van der Waals surface area contributed by atoms with Gasteiger partial charge in [0.2, 0.25) is 17.7 Å². The molecule has 0 saturated heterocycles. The van der Waals surface area contributed by atoms with E-state index in [9.17, 15) is 14.4 Å². The molecule has 0 aliphatic rings. The number of nitrogens with one attached hydrogen (secondary N) is 2. The fourth-order valence-electron chi connectivity index (χ4n) is 2.02. The molecule has 2 N–H and O–H groups in total. The van der Waals surface area contributed by atoms with Gasteiger partial charge in [0.25, 0.3) is 0 Å². The number of amides is 3. The van der Waals surface area contributed by atoms with Crippen LogP contribution in [-0.2, 0) is 20.8 Å². The number of carbonyl (C=O) groups is 3. The molecule has 25 heavy (non-hydrogen) atoms. The first-order chi connectivity index (χ1) is 11.9. The number of anilines is 1. The van der Waals surface area contributed by atoms with Gasteiger partial charge in [-0.3, -0.25) is 14.4 Å². The van der Waals surface area contributed by atoms with Crippen LogP contribution in [0.5, 0.6) is 0 Å². The van der Waals surface area contributed by atoms with Gasteiger partial charge in [-0.2, -0.15) is 0 Å². The molecule has 0 fully saturated rings. The van der Waals surface area contributed by atoms with Gasteiger partial charge in [-0.05, 0) is 12.8 Å². The van der Waals surface area contributed by atoms with Gasteiger partial charge in [0.05, 0.1) is 18.7 Å². The molecule has 140 valence electrons. The minimum atomic E-state index is -0.146. The molecule has 1 rings (SSSR count). The summed E-state index contributed by atoms with van der Waals surface area (Å²) in [5.74, 6) is -0.518. The Hall–Kier alpha value is -1.96. The highest BCUT2D eigenvalue weighted by atomic mass is 32.1. The van der Waals surface area contributed by atoms with E-state index in [0.29, 0.717) is 23.9 Å². The van der Waals surface area contributed by atoms with Crippen molar-refractivity contribution in [2.24, 2.45) is 5.92 Å². The molecule has 0 spiro atoms. The summed E-state index contributed by atoms with van der Waals surface area (Å²) in [7, 11) is 0. The fraction of sp³-hybridized carbons (Fsp3) is 0.647. The number of aromatic nitrogens is 1. The van der Waals surface area contributed by atoms with E-state index in [1.807, 2.05) is 13.8 Å². The number of nitrogens with zero attached hydrogens (tertiary/aromatic N) is 2. The van der Waals surface area contributed by atoms with Crippen molar-refractivity contribution in [2.45, 2.75) is 47.0 Å². The normalized spacial score (nSPS) is 10.6. The van der Waals surface area contributed by atoms with Crippen molar-refractivity contribution in [3.05, 3.63) is 11.1 Å². The van der Waals surface area contributed by atoms with Gasteiger partial charge in [0.1, 0.15) is 0 Å². The maximum absolute atomic E-state index is 12.5. The van der Waals surface area contributed by atoms with Crippen LogP contribution in [-0.4, -0.2) is 47.2 Å². The Morgan fingerprint density at radius 2 is 1.96 bits per heavy atom. The second kappa shape index (κ2) is 10.8. The molecule has 0 aliphatic carbocycles. The minimum Gasteiger partial charge on any atom is -0.355 e. The summed E-state index contributed by atoms with van der Waals surface area (Å²) in [6, 6.07) is 0. The number of rotatable bonds is 10. The van der Waals surface area contributed by atoms with Crippen molar-refractivity contribution >= 4 is 34.2 Å². The second-order valence-electron chi connectivity index (χ2n) is 6.13. The van der Waals surface area contributed by atoms with E-state index in [2.05, 4.69) is 15.6 Å². The summed E-state index contributed by atoms with van der Waals surface area (Å²) in [6.07, 6.45) is 1.76. The summed E-state index contributed by atoms with van der Waals surface area (Å²) in [4.78, 5) is 41.9. The maximum Gasteiger partial charge on any atom is 0.239 e. The highest BCUT2D eigenvalue weighted by molar-refractivity contribution is 7.13. The third-order valence-electron chi connectivity index (χ3n) is 3.39. The van der Waals surface area contributed by atoms with Crippen molar-refractivity contribution in [3.63, 3.8) is 0 Å². The molecule has 1 aromatic heterocycles. The lowest BCUT2D eigenvalue weighted by Gasteiger charge is -2.21. The van der Waals surface area contributed by atoms with Crippen molar-refractivity contribution in [2.75, 3.05) is 25.0 Å². The molecule has 7 nitrogen and oxygen atoms in total. The lowest BCUT2D eigenvalue weighted by atomic mass is 10.2. The van der Waals surface area contributed by atoms with Gasteiger partial charge in [-0.1, -0.05) is 27.7 Å². The fourth-order valence-corrected chi connectivity index (χ4v) is 2.73. The highest BCUT2D eigenvalue weighted by Crippen LogP contribution is 2.17. The predicted octanol–water partition coefficient (Wildman–Crippen LogP) is 2.04. The third-order valence-corrected chi connectivity index (χ3v) is 4.20. The molecule has 0 radical (unpaired) electrons. The lowest BCUT2D eigenvalue weighted by Crippen LogP contribution is -2.42. The van der Waals surface area contributed by atoms with E-state index in [1.54, 1.807) is 24.1 Å². The van der Waals surface area contributed by atoms with E-state index in [4.69, 9.17) is 0 Å². The molecule has 8 heteroatoms. The molecular weight excluding hydrogens is 340 g/mol. The zero-order valence-corrected chi connectivity index (χ0v) is 16.2. The lowest BCUT2D eigenvalue weighted by molar-refractivity contribution is -0.135. The largest absolute Gasteiger partial charge is 0.355 e. The smallest absolute Gasteiger partial charge is 0.239 e. The van der Waals surface area contributed by atoms with Crippen LogP contribution in [0.2, 0.25) is 0 Å². The van der Waals surface area contributed by atoms with Gasteiger partial charge >= 0.3 is 0 Å². The van der Waals surface area contributed by atoms with E-state index in [1.165, 1.54) is 11.3 Å². The Bertz CT molecular complexity index is 586. The second-order valence-corrected chi connectivity index (χ2v) is 6.99. The average Bonchev–Trinajstić information content (AvgIpc) is 2.99. The van der Waals surface area contributed by atoms with Crippen LogP contribution in [0.3, 0.4) is 0 Å². The van der Waals surface area contributed by atoms with E-state index < -0.39 is 0 Å². The molecular formula is C17H28N4O3S. The minimum absolute atomic E-state index is 0.0632. The zero-order valence-electron chi connectivity index (χ0n) is 15.4. The Labute approximate surface area is 153 Å². The van der Waals surface area contributed by atoms with Crippen molar-refractivity contribution in [1.82, 2.24) is 15.2 Å². The Kier molecular flexibility index (Phi) is 9.12. The van der Waals surface area contributed by atoms with Crippen LogP contribution in [0.15, 0.2) is 5.38 Å². The summed E-state index contributed by atoms with van der Waals surface area (Å²) in [5.41, 5.74) is 0.601. The summed E-state index contributed by atoms with van der Waals surface area (Å²) < 4.78 is 0. The van der Waals surface area contributed by atoms with Crippen LogP contribution < -0.4 is 10.6 Å². The standard InChI is InChI=1S/C17H28N4O3S/c1-5-7-18-14(22)10-21(8-6-2)15(23)9-13-11-25-17(19-13)20-16(24)12(3)4/h11-12H,5-10H2,1-4H3,(H,18,22)(H,19,20,24). The van der Waals surface area contributed by atoms with Gasteiger partial charge in [0.15, 0.2) is 5.13 Å². The van der Waals surface area contributed by atoms with Gasteiger partial charge in [-0.25, -0.2) is 4.98 Å². The van der Waals surface area contributed by atoms with Crippen LogP contribution in [0, 0.1) is 5.92 Å². The number of hydrogen-bond acceptors (Lipinski definition) is 5. The quantitative estimate of drug-likeness (QED) is 0.661. The highest BCUT2D eigenvalue weighted by Gasteiger charge is 2.18. The first-order valence-electron chi connectivity index (χ1n) is 8.67. The predicted molar refractivity (Wildman–Crippen MR) is 99.5 cm³/mol. The van der Waals surface area contributed by atoms with E-state index in [-0.39, 0.29) is 36.6 Å². The zero-order chi connectivity index (χ0) is 18.8. The molecule has 3 amide bonds. The number of thiazole rings is 1. The molecule has 1 heterocycles. The van der Waals surface area contributed by atoms with Crippen molar-refractivity contribution in [3.8, 4) is 0 Å². The van der Waals surface area contributed by atoms with Crippen LogP contribution >= 0.6 is 11.3 Å². The van der Waals surface area contributed by atoms with Crippen LogP contribution in [0.25, 0.3) is 0 Å². The summed E-state index contributed by atoms with van der Waals surface area (Å²) >= 11 is 1.29. The third kappa shape index (κ3) is 7.64. The molecule has 0 atom stereocenters. The van der Waals surface area contributed by atoms with Gasteiger partial charge < -0.3 is 15.5 Å². The van der Waals surface area contributed by atoms with E-state index in [0.717, 1.165) is 12.8 Å². The molecule has 0 saturated carbocycles. The Balaban J connectivity index is 2.63. The molecule has 0 unspecified atom stereocenters. The van der Waals surface area contributed by atoms with Crippen LogP contribution in [0.4, 0.5) is 5.13 Å². The Morgan fingerprint density at radius 1 is 1.24 bits per heavy atom. The van der Waals surface area contributed by atoms with E-state index >= 15 is 0 Å². The molecule has 0 aromatic carbocycles. The Morgan fingerprint density at radius 3 is 2.56 bits per heavy atom. The molecule has 0 aliphatic heterocycles. The first kappa shape index (κ1) is 21.1. The average molecular weight is 369 g/mol. The number of carbonyl (C=O) groups excluding carboxylic acids is 3. The monoisotopic (exact) mass is 368 g/mol. The first-order valence-corrected chi connectivity index (χ1v) is 9.55. The summed E-state index contributed by atoms with van der Waals surface area (Å²) in [5, 5.41) is 7.76. The summed E-state index contributed by atoms with van der Waals surface area (Å²) in [6.45, 7) is 8.75. The maximum atomic E-state index is 12.5. The number of hydrogen-bond donors (Lipinski definition) is 2. The van der Waals surface area contributed by atoms with Gasteiger partial charge in [0, 0.05) is 24.4 Å². The topological polar surface area (TPSA) is 91.4 Å². The van der Waals surface area contributed by atoms with Crippen molar-refractivity contribution < 1.29 is 14.4 Å².